The fraction of sp³-hybridized carbons (Fsp3) is 0.333. The molecular weight excluding hydrogens is 380 g/mol. The molecule has 0 bridgehead atoms. The van der Waals surface area contributed by atoms with Crippen molar-refractivity contribution in [3.63, 3.8) is 0 Å². The molecule has 0 radical (unpaired) electrons. The van der Waals surface area contributed by atoms with Crippen molar-refractivity contribution in [1.29, 1.82) is 0 Å². The maximum absolute atomic E-state index is 13.4. The number of aromatic nitrogens is 4. The molecule has 1 spiro atoms. The first kappa shape index (κ1) is 17.1. The van der Waals surface area contributed by atoms with E-state index in [0.717, 1.165) is 5.39 Å². The lowest BCUT2D eigenvalue weighted by molar-refractivity contribution is 0.0909. The molecule has 1 fully saturated rings. The Morgan fingerprint density at radius 2 is 2.04 bits per heavy atom. The van der Waals surface area contributed by atoms with E-state index in [1.165, 1.54) is 6.33 Å². The van der Waals surface area contributed by atoms with Gasteiger partial charge in [-0.15, -0.1) is 0 Å². The first-order valence-corrected chi connectivity index (χ1v) is 10.5. The molecule has 9 nitrogen and oxygen atoms in total. The van der Waals surface area contributed by atoms with Crippen molar-refractivity contribution in [2.24, 2.45) is 0 Å². The van der Waals surface area contributed by atoms with Gasteiger partial charge in [-0.25, -0.2) is 9.97 Å². The third-order valence-electron chi connectivity index (χ3n) is 5.47. The lowest BCUT2D eigenvalue weighted by Gasteiger charge is -2.35. The standard InChI is InChI=1S/C18H18N6O3S/c1-10-8-12(22-15-11-2-5-19-14(11)20-9-21-15)17(26)24-13(10)16(25)23-18(24)3-6-28(27)7-4-18/h2,5,8-9H,3-4,6-7H2,1H3,(H,23,25)(H2,19,20,21,22). The van der Waals surface area contributed by atoms with E-state index in [-0.39, 0.29) is 11.5 Å². The molecule has 0 unspecified atom stereocenters. The SMILES string of the molecule is Cc1cc(Nc2ncnc3[nH]ccc23)c(=O)n2c1C(=O)NC21CCS(=O)CC1. The monoisotopic (exact) mass is 398 g/mol. The van der Waals surface area contributed by atoms with Crippen LogP contribution in [0.5, 0.6) is 0 Å². The number of amides is 1. The highest BCUT2D eigenvalue weighted by Gasteiger charge is 2.46. The summed E-state index contributed by atoms with van der Waals surface area (Å²) in [4.78, 5) is 37.4. The van der Waals surface area contributed by atoms with Gasteiger partial charge >= 0.3 is 0 Å². The van der Waals surface area contributed by atoms with Crippen LogP contribution in [-0.4, -0.2) is 41.1 Å². The molecule has 3 aromatic heterocycles. The predicted octanol–water partition coefficient (Wildman–Crippen LogP) is 1.11. The van der Waals surface area contributed by atoms with Crippen LogP contribution < -0.4 is 16.2 Å². The summed E-state index contributed by atoms with van der Waals surface area (Å²) in [6.45, 7) is 1.81. The summed E-state index contributed by atoms with van der Waals surface area (Å²) in [5.74, 6) is 1.17. The second-order valence-corrected chi connectivity index (χ2v) is 8.85. The lowest BCUT2D eigenvalue weighted by atomic mass is 10.0. The minimum atomic E-state index is -0.913. The third kappa shape index (κ3) is 2.40. The van der Waals surface area contributed by atoms with Crippen molar-refractivity contribution in [2.45, 2.75) is 25.4 Å². The number of aromatic amines is 1. The molecule has 0 aliphatic carbocycles. The number of nitrogens with zero attached hydrogens (tertiary/aromatic N) is 3. The minimum absolute atomic E-state index is 0.260. The fourth-order valence-electron chi connectivity index (χ4n) is 4.09. The predicted molar refractivity (Wildman–Crippen MR) is 105 cm³/mol. The number of rotatable bonds is 2. The number of H-pyrrole nitrogens is 1. The normalized spacial score (nSPS) is 23.8. The van der Waals surface area contributed by atoms with Crippen LogP contribution in [0.25, 0.3) is 11.0 Å². The summed E-state index contributed by atoms with van der Waals surface area (Å²) in [5.41, 5.74) is 0.965. The second kappa shape index (κ2) is 5.99. The molecule has 10 heteroatoms. The van der Waals surface area contributed by atoms with Gasteiger partial charge < -0.3 is 15.6 Å². The summed E-state index contributed by atoms with van der Waals surface area (Å²) in [7, 11) is -0.913. The first-order valence-electron chi connectivity index (χ1n) is 8.98. The highest BCUT2D eigenvalue weighted by Crippen LogP contribution is 2.34. The lowest BCUT2D eigenvalue weighted by Crippen LogP contribution is -2.51. The molecule has 1 saturated heterocycles. The topological polar surface area (TPSA) is 122 Å². The number of carbonyl (C=O) groups is 1. The number of aryl methyl sites for hydroxylation is 1. The summed E-state index contributed by atoms with van der Waals surface area (Å²) in [6, 6.07) is 3.51. The maximum Gasteiger partial charge on any atom is 0.276 e. The van der Waals surface area contributed by atoms with Gasteiger partial charge in [-0.1, -0.05) is 0 Å². The molecule has 3 aromatic rings. The highest BCUT2D eigenvalue weighted by molar-refractivity contribution is 7.85. The molecule has 28 heavy (non-hydrogen) atoms. The highest BCUT2D eigenvalue weighted by atomic mass is 32.2. The molecule has 2 aliphatic heterocycles. The van der Waals surface area contributed by atoms with Crippen LogP contribution in [0, 0.1) is 6.92 Å². The minimum Gasteiger partial charge on any atom is -0.346 e. The van der Waals surface area contributed by atoms with Gasteiger partial charge in [-0.05, 0) is 24.6 Å². The fourth-order valence-corrected chi connectivity index (χ4v) is 5.43. The van der Waals surface area contributed by atoms with E-state index in [1.54, 1.807) is 16.8 Å². The molecule has 1 amide bonds. The Bertz CT molecular complexity index is 1200. The van der Waals surface area contributed by atoms with Crippen LogP contribution in [0.4, 0.5) is 11.5 Å². The van der Waals surface area contributed by atoms with E-state index < -0.39 is 16.5 Å². The number of carbonyl (C=O) groups excluding carboxylic acids is 1. The van der Waals surface area contributed by atoms with Crippen LogP contribution in [0.2, 0.25) is 0 Å². The smallest absolute Gasteiger partial charge is 0.276 e. The molecule has 144 valence electrons. The van der Waals surface area contributed by atoms with E-state index in [1.807, 2.05) is 13.0 Å². The molecule has 3 N–H and O–H groups in total. The Labute approximate surface area is 162 Å². The molecule has 5 heterocycles. The van der Waals surface area contributed by atoms with Crippen molar-refractivity contribution >= 4 is 39.2 Å². The molecule has 0 atom stereocenters. The summed E-state index contributed by atoms with van der Waals surface area (Å²) < 4.78 is 13.4. The quantitative estimate of drug-likeness (QED) is 0.594. The van der Waals surface area contributed by atoms with Gasteiger partial charge in [0, 0.05) is 41.3 Å². The second-order valence-electron chi connectivity index (χ2n) is 7.15. The summed E-state index contributed by atoms with van der Waals surface area (Å²) >= 11 is 0. The summed E-state index contributed by atoms with van der Waals surface area (Å²) in [6.07, 6.45) is 4.11. The van der Waals surface area contributed by atoms with E-state index >= 15 is 0 Å². The Hall–Kier alpha value is -3.01. The van der Waals surface area contributed by atoms with Crippen molar-refractivity contribution in [1.82, 2.24) is 24.8 Å². The van der Waals surface area contributed by atoms with Gasteiger partial charge in [-0.3, -0.25) is 18.4 Å². The average Bonchev–Trinajstić information content (AvgIpc) is 3.26. The zero-order valence-electron chi connectivity index (χ0n) is 15.1. The molecule has 5 rings (SSSR count). The number of anilines is 2. The molecule has 0 saturated carbocycles. The van der Waals surface area contributed by atoms with Gasteiger partial charge in [0.15, 0.2) is 0 Å². The average molecular weight is 398 g/mol. The van der Waals surface area contributed by atoms with Crippen molar-refractivity contribution in [3.05, 3.63) is 46.3 Å². The number of pyridine rings is 1. The van der Waals surface area contributed by atoms with E-state index in [4.69, 9.17) is 0 Å². The van der Waals surface area contributed by atoms with E-state index in [0.29, 0.717) is 52.8 Å². The first-order chi connectivity index (χ1) is 13.5. The zero-order chi connectivity index (χ0) is 19.5. The van der Waals surface area contributed by atoms with Crippen LogP contribution >= 0.6 is 0 Å². The van der Waals surface area contributed by atoms with Gasteiger partial charge in [-0.2, -0.15) is 0 Å². The maximum atomic E-state index is 13.4. The third-order valence-corrected chi connectivity index (χ3v) is 6.79. The van der Waals surface area contributed by atoms with Gasteiger partial charge in [0.2, 0.25) is 0 Å². The van der Waals surface area contributed by atoms with Crippen LogP contribution in [-0.2, 0) is 16.5 Å². The Balaban J connectivity index is 1.65. The van der Waals surface area contributed by atoms with Gasteiger partial charge in [0.25, 0.3) is 11.5 Å². The number of hydrogen-bond donors (Lipinski definition) is 3. The number of hydrogen-bond acceptors (Lipinski definition) is 6. The molecule has 0 aromatic carbocycles. The molecular formula is C18H18N6O3S. The Morgan fingerprint density at radius 3 is 2.82 bits per heavy atom. The Kier molecular flexibility index (Phi) is 3.66. The van der Waals surface area contributed by atoms with Gasteiger partial charge in [0.1, 0.15) is 34.8 Å². The van der Waals surface area contributed by atoms with Crippen molar-refractivity contribution in [3.8, 4) is 0 Å². The van der Waals surface area contributed by atoms with E-state index in [2.05, 4.69) is 25.6 Å². The zero-order valence-corrected chi connectivity index (χ0v) is 15.9. The number of fused-ring (bicyclic) bond motifs is 3. The van der Waals surface area contributed by atoms with Crippen LogP contribution in [0.15, 0.2) is 29.5 Å². The number of nitrogens with one attached hydrogen (secondary N) is 3. The van der Waals surface area contributed by atoms with E-state index in [9.17, 15) is 13.8 Å². The summed E-state index contributed by atoms with van der Waals surface area (Å²) in [5, 5.41) is 6.86. The molecule has 2 aliphatic rings. The Morgan fingerprint density at radius 1 is 1.25 bits per heavy atom. The van der Waals surface area contributed by atoms with Crippen molar-refractivity contribution in [2.75, 3.05) is 16.8 Å². The van der Waals surface area contributed by atoms with Crippen LogP contribution in [0.1, 0.15) is 28.9 Å². The van der Waals surface area contributed by atoms with Crippen molar-refractivity contribution < 1.29 is 9.00 Å². The van der Waals surface area contributed by atoms with Crippen LogP contribution in [0.3, 0.4) is 0 Å². The largest absolute Gasteiger partial charge is 0.346 e. The van der Waals surface area contributed by atoms with Gasteiger partial charge in [0.05, 0.1) is 5.39 Å².